The summed E-state index contributed by atoms with van der Waals surface area (Å²) in [7, 11) is 0. The van der Waals surface area contributed by atoms with Gasteiger partial charge in [-0.2, -0.15) is 0 Å². The van der Waals surface area contributed by atoms with E-state index >= 15 is 0 Å². The number of likely N-dealkylation sites (tertiary alicyclic amines) is 1. The molecule has 1 saturated heterocycles. The molecule has 0 aromatic carbocycles. The number of unbranched alkanes of at least 4 members (excludes halogenated alkanes) is 1. The number of rotatable bonds is 5. The van der Waals surface area contributed by atoms with Crippen LogP contribution in [0.2, 0.25) is 0 Å². The van der Waals surface area contributed by atoms with Crippen LogP contribution in [0.3, 0.4) is 0 Å². The second-order valence-electron chi connectivity index (χ2n) is 3.59. The Kier molecular flexibility index (Phi) is 4.18. The molecule has 0 aromatic heterocycles. The largest absolute Gasteiger partial charge is 0.396 e. The molecule has 3 N–H and O–H groups in total. The zero-order valence-corrected chi connectivity index (χ0v) is 7.91. The van der Waals surface area contributed by atoms with Crippen LogP contribution in [0.15, 0.2) is 0 Å². The molecule has 0 bridgehead atoms. The first-order valence-electron chi connectivity index (χ1n) is 4.86. The van der Waals surface area contributed by atoms with Crippen molar-refractivity contribution in [2.45, 2.75) is 19.3 Å². The van der Waals surface area contributed by atoms with Gasteiger partial charge in [0.15, 0.2) is 0 Å². The molecule has 0 saturated carbocycles. The van der Waals surface area contributed by atoms with Gasteiger partial charge in [-0.3, -0.25) is 4.79 Å². The maximum absolute atomic E-state index is 11.3. The Hall–Kier alpha value is -0.610. The predicted molar refractivity (Wildman–Crippen MR) is 50.1 cm³/mol. The third-order valence-corrected chi connectivity index (χ3v) is 2.43. The van der Waals surface area contributed by atoms with Gasteiger partial charge in [-0.15, -0.1) is 0 Å². The lowest BCUT2D eigenvalue weighted by Crippen LogP contribution is -2.27. The minimum atomic E-state index is 0.124. The van der Waals surface area contributed by atoms with Crippen LogP contribution in [0.1, 0.15) is 19.3 Å². The molecule has 1 atom stereocenters. The van der Waals surface area contributed by atoms with Crippen molar-refractivity contribution in [3.63, 3.8) is 0 Å². The van der Waals surface area contributed by atoms with Gasteiger partial charge in [0, 0.05) is 32.0 Å². The molecule has 1 heterocycles. The summed E-state index contributed by atoms with van der Waals surface area (Å²) in [5.74, 6) is 0.335. The zero-order valence-electron chi connectivity index (χ0n) is 7.91. The van der Waals surface area contributed by atoms with Gasteiger partial charge in [0.1, 0.15) is 0 Å². The summed E-state index contributed by atoms with van der Waals surface area (Å²) in [6, 6.07) is 0. The number of nitrogens with two attached hydrogens (primary N) is 1. The fourth-order valence-corrected chi connectivity index (χ4v) is 1.64. The van der Waals surface area contributed by atoms with Crippen LogP contribution in [-0.2, 0) is 4.79 Å². The van der Waals surface area contributed by atoms with E-state index < -0.39 is 0 Å². The first-order chi connectivity index (χ1) is 6.27. The third-order valence-electron chi connectivity index (χ3n) is 2.43. The van der Waals surface area contributed by atoms with Crippen molar-refractivity contribution in [2.75, 3.05) is 26.2 Å². The SMILES string of the molecule is NCCCCN1CC(CO)CC1=O. The fourth-order valence-electron chi connectivity index (χ4n) is 1.64. The molecule has 76 valence electrons. The average Bonchev–Trinajstić information content (AvgIpc) is 2.48. The average molecular weight is 186 g/mol. The van der Waals surface area contributed by atoms with Gasteiger partial charge in [-0.1, -0.05) is 0 Å². The Labute approximate surface area is 78.7 Å². The van der Waals surface area contributed by atoms with E-state index in [2.05, 4.69) is 0 Å². The lowest BCUT2D eigenvalue weighted by atomic mass is 10.1. The highest BCUT2D eigenvalue weighted by atomic mass is 16.3. The number of amides is 1. The Morgan fingerprint density at radius 2 is 2.31 bits per heavy atom. The Morgan fingerprint density at radius 3 is 2.85 bits per heavy atom. The van der Waals surface area contributed by atoms with Crippen LogP contribution in [0.4, 0.5) is 0 Å². The van der Waals surface area contributed by atoms with E-state index in [0.29, 0.717) is 13.0 Å². The van der Waals surface area contributed by atoms with E-state index in [1.165, 1.54) is 0 Å². The minimum Gasteiger partial charge on any atom is -0.396 e. The van der Waals surface area contributed by atoms with E-state index in [4.69, 9.17) is 10.8 Å². The smallest absolute Gasteiger partial charge is 0.223 e. The quantitative estimate of drug-likeness (QED) is 0.572. The van der Waals surface area contributed by atoms with Crippen molar-refractivity contribution >= 4 is 5.91 Å². The number of carbonyl (C=O) groups excluding carboxylic acids is 1. The number of hydrogen-bond donors (Lipinski definition) is 2. The molecule has 1 amide bonds. The normalized spacial score (nSPS) is 22.8. The molecule has 13 heavy (non-hydrogen) atoms. The molecule has 4 nitrogen and oxygen atoms in total. The first kappa shape index (κ1) is 10.5. The van der Waals surface area contributed by atoms with Crippen LogP contribution in [-0.4, -0.2) is 42.2 Å². The Bertz CT molecular complexity index is 173. The molecule has 0 spiro atoms. The molecule has 0 aliphatic carbocycles. The van der Waals surface area contributed by atoms with Crippen molar-refractivity contribution in [3.05, 3.63) is 0 Å². The standard InChI is InChI=1S/C9H18N2O2/c10-3-1-2-4-11-6-8(7-12)5-9(11)13/h8,12H,1-7,10H2. The molecular weight excluding hydrogens is 168 g/mol. The highest BCUT2D eigenvalue weighted by Crippen LogP contribution is 2.17. The van der Waals surface area contributed by atoms with Crippen molar-refractivity contribution in [3.8, 4) is 0 Å². The van der Waals surface area contributed by atoms with Gasteiger partial charge in [-0.05, 0) is 19.4 Å². The van der Waals surface area contributed by atoms with Gasteiger partial charge in [0.25, 0.3) is 0 Å². The monoisotopic (exact) mass is 186 g/mol. The molecule has 0 radical (unpaired) electrons. The van der Waals surface area contributed by atoms with Crippen LogP contribution in [0.25, 0.3) is 0 Å². The molecule has 1 aliphatic heterocycles. The second kappa shape index (κ2) is 5.19. The minimum absolute atomic E-state index is 0.124. The van der Waals surface area contributed by atoms with Gasteiger partial charge in [0.2, 0.25) is 5.91 Å². The van der Waals surface area contributed by atoms with Gasteiger partial charge >= 0.3 is 0 Å². The van der Waals surface area contributed by atoms with E-state index in [1.807, 2.05) is 4.90 Å². The van der Waals surface area contributed by atoms with Crippen molar-refractivity contribution < 1.29 is 9.90 Å². The predicted octanol–water partition coefficient (Wildman–Crippen LogP) is -0.434. The number of carbonyl (C=O) groups is 1. The van der Waals surface area contributed by atoms with Crippen molar-refractivity contribution in [2.24, 2.45) is 11.7 Å². The lowest BCUT2D eigenvalue weighted by Gasteiger charge is -2.15. The summed E-state index contributed by atoms with van der Waals surface area (Å²) >= 11 is 0. The summed E-state index contributed by atoms with van der Waals surface area (Å²) in [5, 5.41) is 8.87. The number of hydrogen-bond acceptors (Lipinski definition) is 3. The summed E-state index contributed by atoms with van der Waals surface area (Å²) in [5.41, 5.74) is 5.36. The molecular formula is C9H18N2O2. The highest BCUT2D eigenvalue weighted by Gasteiger charge is 2.27. The van der Waals surface area contributed by atoms with E-state index in [0.717, 1.165) is 25.9 Å². The summed E-state index contributed by atoms with van der Waals surface area (Å²) in [6.45, 7) is 2.33. The second-order valence-corrected chi connectivity index (χ2v) is 3.59. The molecule has 4 heteroatoms. The molecule has 1 rings (SSSR count). The Morgan fingerprint density at radius 1 is 1.54 bits per heavy atom. The van der Waals surface area contributed by atoms with Gasteiger partial charge in [-0.25, -0.2) is 0 Å². The van der Waals surface area contributed by atoms with Crippen molar-refractivity contribution in [1.82, 2.24) is 4.90 Å². The van der Waals surface area contributed by atoms with Crippen LogP contribution < -0.4 is 5.73 Å². The zero-order chi connectivity index (χ0) is 9.68. The third kappa shape index (κ3) is 2.97. The first-order valence-corrected chi connectivity index (χ1v) is 4.86. The maximum atomic E-state index is 11.3. The fraction of sp³-hybridized carbons (Fsp3) is 0.889. The van der Waals surface area contributed by atoms with E-state index in [1.54, 1.807) is 0 Å². The molecule has 1 aliphatic rings. The van der Waals surface area contributed by atoms with E-state index in [9.17, 15) is 4.79 Å². The summed E-state index contributed by atoms with van der Waals surface area (Å²) < 4.78 is 0. The van der Waals surface area contributed by atoms with Crippen LogP contribution in [0, 0.1) is 5.92 Å². The topological polar surface area (TPSA) is 66.6 Å². The van der Waals surface area contributed by atoms with Gasteiger partial charge < -0.3 is 15.7 Å². The molecule has 0 aromatic rings. The lowest BCUT2D eigenvalue weighted by molar-refractivity contribution is -0.127. The Balaban J connectivity index is 2.23. The number of aliphatic hydroxyl groups is 1. The maximum Gasteiger partial charge on any atom is 0.223 e. The molecule has 1 fully saturated rings. The summed E-state index contributed by atoms with van der Waals surface area (Å²) in [6.07, 6.45) is 2.45. The highest BCUT2D eigenvalue weighted by molar-refractivity contribution is 5.78. The molecule has 1 unspecified atom stereocenters. The van der Waals surface area contributed by atoms with Crippen LogP contribution >= 0.6 is 0 Å². The van der Waals surface area contributed by atoms with Gasteiger partial charge in [0.05, 0.1) is 0 Å². The number of nitrogens with zero attached hydrogens (tertiary/aromatic N) is 1. The number of aliphatic hydroxyl groups excluding tert-OH is 1. The van der Waals surface area contributed by atoms with Crippen molar-refractivity contribution in [1.29, 1.82) is 0 Å². The summed E-state index contributed by atoms with van der Waals surface area (Å²) in [4.78, 5) is 13.2. The van der Waals surface area contributed by atoms with Crippen LogP contribution in [0.5, 0.6) is 0 Å². The van der Waals surface area contributed by atoms with E-state index in [-0.39, 0.29) is 18.4 Å².